The minimum absolute atomic E-state index is 1.28. The van der Waals surface area contributed by atoms with Crippen LogP contribution < -0.4 is 0 Å². The van der Waals surface area contributed by atoms with Crippen LogP contribution in [0.5, 0.6) is 0 Å². The van der Waals surface area contributed by atoms with Crippen molar-refractivity contribution in [3.05, 3.63) is 60.7 Å². The molecular weight excluding hydrogens is 223 g/mol. The summed E-state index contributed by atoms with van der Waals surface area (Å²) in [6, 6.07) is 20.8. The van der Waals surface area contributed by atoms with Crippen molar-refractivity contribution in [1.82, 2.24) is 0 Å². The van der Waals surface area contributed by atoms with Crippen LogP contribution in [0, 0.1) is 0 Å². The average Bonchev–Trinajstić information content (AvgIpc) is 2.42. The molecule has 0 amide bonds. The molecule has 0 spiro atoms. The molecule has 0 saturated heterocycles. The Morgan fingerprint density at radius 3 is 1.24 bits per heavy atom. The third-order valence-electron chi connectivity index (χ3n) is 2.33. The molecule has 0 saturated carbocycles. The normalized spacial score (nSPS) is 9.29. The summed E-state index contributed by atoms with van der Waals surface area (Å²) in [7, 11) is 1.58. The zero-order chi connectivity index (χ0) is 12.3. The molecule has 0 unspecified atom stereocenters. The Labute approximate surface area is 107 Å². The lowest BCUT2D eigenvalue weighted by Gasteiger charge is -1.98. The van der Waals surface area contributed by atoms with Crippen molar-refractivity contribution >= 4 is 8.58 Å². The molecule has 0 aliphatic heterocycles. The van der Waals surface area contributed by atoms with E-state index in [1.54, 1.807) is 8.58 Å². The van der Waals surface area contributed by atoms with Gasteiger partial charge in [0, 0.05) is 0 Å². The zero-order valence-electron chi connectivity index (χ0n) is 10.6. The molecule has 0 N–H and O–H groups in total. The van der Waals surface area contributed by atoms with Crippen LogP contribution in [0.1, 0.15) is 13.8 Å². The second kappa shape index (κ2) is 8.96. The van der Waals surface area contributed by atoms with Crippen LogP contribution in [-0.4, -0.2) is 12.3 Å². The first-order chi connectivity index (χ1) is 8.38. The summed E-state index contributed by atoms with van der Waals surface area (Å²) in [5.74, 6) is 0. The second-order valence-electron chi connectivity index (χ2n) is 3.59. The smallest absolute Gasteiger partial charge is 0.0184 e. The summed E-state index contributed by atoms with van der Waals surface area (Å²) in [4.78, 5) is 0. The molecule has 0 atom stereocenters. The number of benzene rings is 2. The second-order valence-corrected chi connectivity index (χ2v) is 5.30. The van der Waals surface area contributed by atoms with E-state index in [0.717, 1.165) is 0 Å². The summed E-state index contributed by atoms with van der Waals surface area (Å²) < 4.78 is 0. The van der Waals surface area contributed by atoms with Crippen LogP contribution in [-0.2, 0) is 0 Å². The van der Waals surface area contributed by atoms with Crippen molar-refractivity contribution in [2.24, 2.45) is 0 Å². The van der Waals surface area contributed by atoms with Crippen molar-refractivity contribution in [3.8, 4) is 11.1 Å². The van der Waals surface area contributed by atoms with Gasteiger partial charge in [-0.1, -0.05) is 83.1 Å². The Hall–Kier alpha value is -1.13. The molecule has 0 fully saturated rings. The van der Waals surface area contributed by atoms with E-state index < -0.39 is 0 Å². The molecule has 0 heterocycles. The summed E-state index contributed by atoms with van der Waals surface area (Å²) in [6.45, 7) is 4.40. The SMILES string of the molecule is CC[P]CC.c1ccc(-c2ccccc2)cc1. The fourth-order valence-electron chi connectivity index (χ4n) is 1.48. The van der Waals surface area contributed by atoms with Crippen LogP contribution in [0.15, 0.2) is 60.7 Å². The van der Waals surface area contributed by atoms with Crippen LogP contribution in [0.3, 0.4) is 0 Å². The predicted octanol–water partition coefficient (Wildman–Crippen LogP) is 5.33. The Balaban J connectivity index is 0.000000249. The number of rotatable bonds is 3. The molecule has 2 aromatic rings. The maximum atomic E-state index is 2.20. The maximum absolute atomic E-state index is 2.20. The maximum Gasteiger partial charge on any atom is -0.0184 e. The van der Waals surface area contributed by atoms with E-state index in [1.807, 2.05) is 12.1 Å². The molecule has 0 aliphatic rings. The van der Waals surface area contributed by atoms with Crippen molar-refractivity contribution < 1.29 is 0 Å². The van der Waals surface area contributed by atoms with Crippen molar-refractivity contribution in [2.45, 2.75) is 13.8 Å². The first kappa shape index (κ1) is 13.9. The third-order valence-corrected chi connectivity index (χ3v) is 3.22. The minimum atomic E-state index is 1.28. The van der Waals surface area contributed by atoms with Crippen molar-refractivity contribution in [1.29, 1.82) is 0 Å². The summed E-state index contributed by atoms with van der Waals surface area (Å²) in [5.41, 5.74) is 2.55. The molecule has 0 aliphatic carbocycles. The zero-order valence-corrected chi connectivity index (χ0v) is 11.5. The Morgan fingerprint density at radius 2 is 1.00 bits per heavy atom. The number of hydrogen-bond donors (Lipinski definition) is 0. The van der Waals surface area contributed by atoms with Gasteiger partial charge in [-0.25, -0.2) is 0 Å². The van der Waals surface area contributed by atoms with Gasteiger partial charge in [-0.3, -0.25) is 0 Å². The molecule has 2 aromatic carbocycles. The van der Waals surface area contributed by atoms with Gasteiger partial charge < -0.3 is 0 Å². The van der Waals surface area contributed by atoms with Crippen LogP contribution in [0.2, 0.25) is 0 Å². The lowest BCUT2D eigenvalue weighted by molar-refractivity contribution is 1.44. The standard InChI is InChI=1S/C12H10.C4H10P/c1-3-7-11(8-4-1)12-9-5-2-6-10-12;1-3-5-4-2/h1-10H;3-4H2,1-2H3. The van der Waals surface area contributed by atoms with E-state index in [1.165, 1.54) is 23.5 Å². The Morgan fingerprint density at radius 1 is 0.647 bits per heavy atom. The first-order valence-corrected chi connectivity index (χ1v) is 7.38. The summed E-state index contributed by atoms with van der Waals surface area (Å²) in [5, 5.41) is 0. The number of hydrogen-bond acceptors (Lipinski definition) is 0. The van der Waals surface area contributed by atoms with Gasteiger partial charge in [-0.05, 0) is 23.5 Å². The van der Waals surface area contributed by atoms with Crippen molar-refractivity contribution in [3.63, 3.8) is 0 Å². The van der Waals surface area contributed by atoms with Gasteiger partial charge in [0.05, 0.1) is 0 Å². The fourth-order valence-corrected chi connectivity index (χ4v) is 1.93. The van der Waals surface area contributed by atoms with Crippen molar-refractivity contribution in [2.75, 3.05) is 12.3 Å². The highest BCUT2D eigenvalue weighted by atomic mass is 31.1. The van der Waals surface area contributed by atoms with E-state index in [0.29, 0.717) is 0 Å². The highest BCUT2D eigenvalue weighted by molar-refractivity contribution is 7.37. The average molecular weight is 243 g/mol. The van der Waals surface area contributed by atoms with E-state index >= 15 is 0 Å². The van der Waals surface area contributed by atoms with Gasteiger partial charge in [-0.2, -0.15) is 0 Å². The predicted molar refractivity (Wildman–Crippen MR) is 79.9 cm³/mol. The quantitative estimate of drug-likeness (QED) is 0.639. The van der Waals surface area contributed by atoms with Crippen LogP contribution in [0.25, 0.3) is 11.1 Å². The monoisotopic (exact) mass is 243 g/mol. The highest BCUT2D eigenvalue weighted by Crippen LogP contribution is 2.17. The van der Waals surface area contributed by atoms with Gasteiger partial charge in [0.1, 0.15) is 0 Å². The highest BCUT2D eigenvalue weighted by Gasteiger charge is 1.91. The molecular formula is C16H20P. The first-order valence-electron chi connectivity index (χ1n) is 6.12. The Kier molecular flexibility index (Phi) is 7.34. The topological polar surface area (TPSA) is 0 Å². The lowest BCUT2D eigenvalue weighted by Crippen LogP contribution is -1.73. The van der Waals surface area contributed by atoms with Crippen LogP contribution >= 0.6 is 8.58 Å². The van der Waals surface area contributed by atoms with Crippen LogP contribution in [0.4, 0.5) is 0 Å². The molecule has 0 nitrogen and oxygen atoms in total. The van der Waals surface area contributed by atoms with Gasteiger partial charge in [0.2, 0.25) is 0 Å². The van der Waals surface area contributed by atoms with Gasteiger partial charge in [-0.15, -0.1) is 0 Å². The molecule has 89 valence electrons. The molecule has 0 bridgehead atoms. The van der Waals surface area contributed by atoms with E-state index in [4.69, 9.17) is 0 Å². The fraction of sp³-hybridized carbons (Fsp3) is 0.250. The summed E-state index contributed by atoms with van der Waals surface area (Å²) >= 11 is 0. The molecule has 2 rings (SSSR count). The van der Waals surface area contributed by atoms with E-state index in [2.05, 4.69) is 62.4 Å². The molecule has 17 heavy (non-hydrogen) atoms. The molecule has 1 heteroatoms. The Bertz CT molecular complexity index is 341. The van der Waals surface area contributed by atoms with Gasteiger partial charge in [0.15, 0.2) is 0 Å². The largest absolute Gasteiger partial charge is 0.0816 e. The minimum Gasteiger partial charge on any atom is -0.0816 e. The summed E-state index contributed by atoms with van der Waals surface area (Å²) in [6.07, 6.45) is 2.63. The third kappa shape index (κ3) is 5.65. The molecule has 1 radical (unpaired) electrons. The molecule has 0 aromatic heterocycles. The lowest BCUT2D eigenvalue weighted by atomic mass is 10.1. The van der Waals surface area contributed by atoms with Gasteiger partial charge >= 0.3 is 0 Å². The van der Waals surface area contributed by atoms with E-state index in [9.17, 15) is 0 Å². The van der Waals surface area contributed by atoms with Gasteiger partial charge in [0.25, 0.3) is 0 Å². The van der Waals surface area contributed by atoms with E-state index in [-0.39, 0.29) is 0 Å².